The van der Waals surface area contributed by atoms with Crippen molar-refractivity contribution < 1.29 is 9.53 Å². The molecule has 1 aliphatic rings. The lowest BCUT2D eigenvalue weighted by atomic mass is 10.2. The largest absolute Gasteiger partial charge is 0.379 e. The highest BCUT2D eigenvalue weighted by Gasteiger charge is 2.19. The highest BCUT2D eigenvalue weighted by atomic mass is 16.5. The van der Waals surface area contributed by atoms with Crippen LogP contribution in [0.4, 0.5) is 0 Å². The first-order valence-corrected chi connectivity index (χ1v) is 4.20. The smallest absolute Gasteiger partial charge is 0.220 e. The van der Waals surface area contributed by atoms with Gasteiger partial charge in [-0.15, -0.1) is 0 Å². The fraction of sp³-hybridized carbons (Fsp3) is 0.875. The third-order valence-corrected chi connectivity index (χ3v) is 1.75. The van der Waals surface area contributed by atoms with Crippen LogP contribution in [0.1, 0.15) is 26.2 Å². The standard InChI is InChI=1S/C8H15NO2/c1-2-5-11-6-7-3-4-8(10)9-7/h7H,2-6H2,1H3,(H,9,10). The zero-order chi connectivity index (χ0) is 8.10. The van der Waals surface area contributed by atoms with Crippen LogP contribution in [-0.2, 0) is 9.53 Å². The van der Waals surface area contributed by atoms with Crippen LogP contribution >= 0.6 is 0 Å². The molecule has 0 bridgehead atoms. The van der Waals surface area contributed by atoms with E-state index >= 15 is 0 Å². The van der Waals surface area contributed by atoms with Crippen LogP contribution in [-0.4, -0.2) is 25.2 Å². The molecule has 1 N–H and O–H groups in total. The maximum absolute atomic E-state index is 10.7. The summed E-state index contributed by atoms with van der Waals surface area (Å²) < 4.78 is 5.30. The molecule has 0 spiro atoms. The van der Waals surface area contributed by atoms with E-state index in [4.69, 9.17) is 4.74 Å². The predicted molar refractivity (Wildman–Crippen MR) is 42.3 cm³/mol. The Balaban J connectivity index is 2.04. The van der Waals surface area contributed by atoms with E-state index in [0.29, 0.717) is 13.0 Å². The van der Waals surface area contributed by atoms with Crippen molar-refractivity contribution in [1.82, 2.24) is 5.32 Å². The Morgan fingerprint density at radius 1 is 1.73 bits per heavy atom. The van der Waals surface area contributed by atoms with Gasteiger partial charge in [-0.25, -0.2) is 0 Å². The summed E-state index contributed by atoms with van der Waals surface area (Å²) in [5.74, 6) is 0.162. The Kier molecular flexibility index (Phi) is 3.36. The zero-order valence-electron chi connectivity index (χ0n) is 6.93. The van der Waals surface area contributed by atoms with Gasteiger partial charge in [-0.2, -0.15) is 0 Å². The van der Waals surface area contributed by atoms with Crippen molar-refractivity contribution in [3.05, 3.63) is 0 Å². The fourth-order valence-corrected chi connectivity index (χ4v) is 1.17. The molecular weight excluding hydrogens is 142 g/mol. The molecular formula is C8H15NO2. The third kappa shape index (κ3) is 2.89. The lowest BCUT2D eigenvalue weighted by molar-refractivity contribution is -0.119. The SMILES string of the molecule is CCCOCC1CCC(=O)N1. The van der Waals surface area contributed by atoms with Gasteiger partial charge < -0.3 is 10.1 Å². The van der Waals surface area contributed by atoms with E-state index in [1.807, 2.05) is 0 Å². The van der Waals surface area contributed by atoms with E-state index in [-0.39, 0.29) is 11.9 Å². The van der Waals surface area contributed by atoms with Crippen LogP contribution < -0.4 is 5.32 Å². The summed E-state index contributed by atoms with van der Waals surface area (Å²) in [5, 5.41) is 2.85. The molecule has 11 heavy (non-hydrogen) atoms. The van der Waals surface area contributed by atoms with Crippen LogP contribution in [0.3, 0.4) is 0 Å². The van der Waals surface area contributed by atoms with Gasteiger partial charge in [-0.05, 0) is 12.8 Å². The highest BCUT2D eigenvalue weighted by Crippen LogP contribution is 2.06. The zero-order valence-corrected chi connectivity index (χ0v) is 6.93. The summed E-state index contributed by atoms with van der Waals surface area (Å²) >= 11 is 0. The van der Waals surface area contributed by atoms with Gasteiger partial charge in [-0.1, -0.05) is 6.92 Å². The van der Waals surface area contributed by atoms with E-state index < -0.39 is 0 Å². The minimum Gasteiger partial charge on any atom is -0.379 e. The minimum atomic E-state index is 0.162. The van der Waals surface area contributed by atoms with Crippen molar-refractivity contribution in [1.29, 1.82) is 0 Å². The molecule has 1 rings (SSSR count). The second-order valence-electron chi connectivity index (χ2n) is 2.88. The molecule has 3 nitrogen and oxygen atoms in total. The maximum Gasteiger partial charge on any atom is 0.220 e. The summed E-state index contributed by atoms with van der Waals surface area (Å²) in [6, 6.07) is 0.272. The Morgan fingerprint density at radius 2 is 2.55 bits per heavy atom. The van der Waals surface area contributed by atoms with Crippen molar-refractivity contribution in [3.8, 4) is 0 Å². The van der Waals surface area contributed by atoms with Gasteiger partial charge in [0.2, 0.25) is 5.91 Å². The monoisotopic (exact) mass is 157 g/mol. The quantitative estimate of drug-likeness (QED) is 0.610. The van der Waals surface area contributed by atoms with Crippen molar-refractivity contribution in [2.45, 2.75) is 32.2 Å². The molecule has 1 atom stereocenters. The van der Waals surface area contributed by atoms with Crippen molar-refractivity contribution in [2.75, 3.05) is 13.2 Å². The number of carbonyl (C=O) groups excluding carboxylic acids is 1. The van der Waals surface area contributed by atoms with Crippen LogP contribution in [0, 0.1) is 0 Å². The van der Waals surface area contributed by atoms with E-state index in [2.05, 4.69) is 12.2 Å². The first-order chi connectivity index (χ1) is 5.33. The van der Waals surface area contributed by atoms with E-state index in [9.17, 15) is 4.79 Å². The van der Waals surface area contributed by atoms with Gasteiger partial charge in [0.25, 0.3) is 0 Å². The lowest BCUT2D eigenvalue weighted by Crippen LogP contribution is -2.29. The van der Waals surface area contributed by atoms with Crippen LogP contribution in [0.25, 0.3) is 0 Å². The first kappa shape index (κ1) is 8.53. The number of hydrogen-bond donors (Lipinski definition) is 1. The molecule has 0 aliphatic carbocycles. The van der Waals surface area contributed by atoms with Crippen molar-refractivity contribution in [2.24, 2.45) is 0 Å². The Morgan fingerprint density at radius 3 is 3.09 bits per heavy atom. The third-order valence-electron chi connectivity index (χ3n) is 1.75. The average Bonchev–Trinajstić information content (AvgIpc) is 2.37. The van der Waals surface area contributed by atoms with Crippen LogP contribution in [0.2, 0.25) is 0 Å². The molecule has 0 aromatic heterocycles. The van der Waals surface area contributed by atoms with E-state index in [1.54, 1.807) is 0 Å². The lowest BCUT2D eigenvalue weighted by Gasteiger charge is -2.09. The number of amides is 1. The number of carbonyl (C=O) groups is 1. The topological polar surface area (TPSA) is 38.3 Å². The van der Waals surface area contributed by atoms with Gasteiger partial charge in [0.05, 0.1) is 12.6 Å². The summed E-state index contributed by atoms with van der Waals surface area (Å²) in [4.78, 5) is 10.7. The summed E-state index contributed by atoms with van der Waals surface area (Å²) in [6.45, 7) is 3.55. The molecule has 1 saturated heterocycles. The van der Waals surface area contributed by atoms with Gasteiger partial charge in [0.15, 0.2) is 0 Å². The number of hydrogen-bond acceptors (Lipinski definition) is 2. The number of rotatable bonds is 4. The summed E-state index contributed by atoms with van der Waals surface area (Å²) in [5.41, 5.74) is 0. The molecule has 0 radical (unpaired) electrons. The molecule has 0 aromatic rings. The number of nitrogens with one attached hydrogen (secondary N) is 1. The first-order valence-electron chi connectivity index (χ1n) is 4.20. The highest BCUT2D eigenvalue weighted by molar-refractivity contribution is 5.78. The Bertz CT molecular complexity index is 136. The predicted octanol–water partition coefficient (Wildman–Crippen LogP) is 0.692. The van der Waals surface area contributed by atoms with Crippen LogP contribution in [0.15, 0.2) is 0 Å². The van der Waals surface area contributed by atoms with Gasteiger partial charge >= 0.3 is 0 Å². The average molecular weight is 157 g/mol. The molecule has 1 heterocycles. The molecule has 64 valence electrons. The molecule has 0 aromatic carbocycles. The summed E-state index contributed by atoms with van der Waals surface area (Å²) in [7, 11) is 0. The van der Waals surface area contributed by atoms with Crippen LogP contribution in [0.5, 0.6) is 0 Å². The minimum absolute atomic E-state index is 0.162. The molecule has 1 amide bonds. The van der Waals surface area contributed by atoms with Gasteiger partial charge in [-0.3, -0.25) is 4.79 Å². The van der Waals surface area contributed by atoms with Gasteiger partial charge in [0.1, 0.15) is 0 Å². The molecule has 3 heteroatoms. The fourth-order valence-electron chi connectivity index (χ4n) is 1.17. The Hall–Kier alpha value is -0.570. The normalized spacial score (nSPS) is 23.7. The second kappa shape index (κ2) is 4.34. The van der Waals surface area contributed by atoms with Crippen molar-refractivity contribution in [3.63, 3.8) is 0 Å². The molecule has 1 unspecified atom stereocenters. The van der Waals surface area contributed by atoms with E-state index in [0.717, 1.165) is 19.4 Å². The summed E-state index contributed by atoms with van der Waals surface area (Å²) in [6.07, 6.45) is 2.64. The Labute approximate surface area is 67.1 Å². The van der Waals surface area contributed by atoms with E-state index in [1.165, 1.54) is 0 Å². The molecule has 0 saturated carbocycles. The maximum atomic E-state index is 10.7. The number of ether oxygens (including phenoxy) is 1. The van der Waals surface area contributed by atoms with Gasteiger partial charge in [0, 0.05) is 13.0 Å². The van der Waals surface area contributed by atoms with Crippen molar-refractivity contribution >= 4 is 5.91 Å². The molecule has 1 aliphatic heterocycles. The second-order valence-corrected chi connectivity index (χ2v) is 2.88. The molecule has 1 fully saturated rings.